The Bertz CT molecular complexity index is 1410. The monoisotopic (exact) mass is 540 g/mol. The van der Waals surface area contributed by atoms with Crippen LogP contribution in [-0.2, 0) is 37.3 Å². The van der Waals surface area contributed by atoms with Gasteiger partial charge in [-0.05, 0) is 43.4 Å². The van der Waals surface area contributed by atoms with Gasteiger partial charge < -0.3 is 9.47 Å². The van der Waals surface area contributed by atoms with Crippen molar-refractivity contribution >= 4 is 45.5 Å². The molecule has 0 bridgehead atoms. The summed E-state index contributed by atoms with van der Waals surface area (Å²) >= 11 is 0. The summed E-state index contributed by atoms with van der Waals surface area (Å²) in [5, 5.41) is 0. The van der Waals surface area contributed by atoms with E-state index in [0.29, 0.717) is 12.8 Å². The van der Waals surface area contributed by atoms with E-state index < -0.39 is 45.5 Å². The van der Waals surface area contributed by atoms with E-state index in [9.17, 15) is 25.3 Å². The third-order valence-corrected chi connectivity index (χ3v) is 7.96. The molecule has 0 unspecified atom stereocenters. The highest BCUT2D eigenvalue weighted by Gasteiger charge is 2.26. The Morgan fingerprint density at radius 3 is 1.91 bits per heavy atom. The van der Waals surface area contributed by atoms with Crippen LogP contribution in [0, 0.1) is 0 Å². The van der Waals surface area contributed by atoms with E-state index in [-0.39, 0.29) is 23.5 Å². The Morgan fingerprint density at radius 1 is 0.686 bits per heavy atom. The molecule has 2 aromatic rings. The Kier molecular flexibility index (Phi) is 11.7. The molecule has 8 nitrogen and oxygen atoms in total. The average Bonchev–Trinajstić information content (AvgIpc) is 2.84. The first-order valence-electron chi connectivity index (χ1n) is 10.9. The van der Waals surface area contributed by atoms with Crippen molar-refractivity contribution in [2.24, 2.45) is 0 Å². The third-order valence-electron chi connectivity index (χ3n) is 5.35. The minimum absolute atomic E-state index is 0.0217. The van der Waals surface area contributed by atoms with Gasteiger partial charge in [-0.1, -0.05) is 55.7 Å². The molecule has 0 atom stereocenters. The van der Waals surface area contributed by atoms with Crippen molar-refractivity contribution in [3.05, 3.63) is 59.7 Å². The van der Waals surface area contributed by atoms with Crippen molar-refractivity contribution in [3.8, 4) is 11.5 Å². The number of ether oxygens (including phenoxy) is 2. The van der Waals surface area contributed by atoms with E-state index >= 15 is 0 Å². The van der Waals surface area contributed by atoms with Crippen molar-refractivity contribution in [2.75, 3.05) is 14.2 Å². The number of methoxy groups -OCH3 is 2. The molecule has 190 valence electrons. The zero-order chi connectivity index (χ0) is 25.8. The summed E-state index contributed by atoms with van der Waals surface area (Å²) in [6, 6.07) is 14.4. The molecule has 0 aliphatic heterocycles. The second kappa shape index (κ2) is 14.5. The molecule has 0 fully saturated rings. The lowest BCUT2D eigenvalue weighted by atomic mass is 10.0. The summed E-state index contributed by atoms with van der Waals surface area (Å²) < 4.78 is 83.0. The van der Waals surface area contributed by atoms with Crippen LogP contribution in [0.4, 0.5) is 0 Å². The minimum Gasteiger partial charge on any atom is -0.493 e. The second-order valence-electron chi connectivity index (χ2n) is 7.58. The minimum atomic E-state index is -3.15. The fourth-order valence-corrected chi connectivity index (χ4v) is 6.32. The first kappa shape index (κ1) is 28.3. The van der Waals surface area contributed by atoms with Crippen LogP contribution in [0.2, 0.25) is 0 Å². The highest BCUT2D eigenvalue weighted by Crippen LogP contribution is 2.31. The van der Waals surface area contributed by atoms with E-state index in [1.807, 2.05) is 18.2 Å². The molecule has 0 aliphatic rings. The topological polar surface area (TPSA) is 121 Å². The van der Waals surface area contributed by atoms with Gasteiger partial charge >= 0.3 is 0 Å². The van der Waals surface area contributed by atoms with E-state index in [1.165, 1.54) is 38.0 Å². The van der Waals surface area contributed by atoms with Gasteiger partial charge in [0, 0.05) is 5.56 Å². The Labute approximate surface area is 210 Å². The largest absolute Gasteiger partial charge is 0.493 e. The SMILES string of the molecule is COc1cccc(C(C(C(CCCCCCCc2ccccc2)=S(=O)=O)=S(=O)=O)=S(=O)=O)c1OC. The molecule has 0 amide bonds. The highest BCUT2D eigenvalue weighted by atomic mass is 32.2. The van der Waals surface area contributed by atoms with Crippen molar-refractivity contribution < 1.29 is 34.7 Å². The normalized spacial score (nSPS) is 10.3. The lowest BCUT2D eigenvalue weighted by Gasteiger charge is -2.13. The van der Waals surface area contributed by atoms with Gasteiger partial charge in [0.25, 0.3) is 0 Å². The fourth-order valence-electron chi connectivity index (χ4n) is 3.71. The number of hydrogen-bond donors (Lipinski definition) is 0. The Hall–Kier alpha value is -2.89. The van der Waals surface area contributed by atoms with Crippen LogP contribution >= 0.6 is 0 Å². The molecule has 0 radical (unpaired) electrons. The van der Waals surface area contributed by atoms with Gasteiger partial charge in [0.2, 0.25) is 30.9 Å². The van der Waals surface area contributed by atoms with Crippen molar-refractivity contribution in [3.63, 3.8) is 0 Å². The Morgan fingerprint density at radius 2 is 1.34 bits per heavy atom. The summed E-state index contributed by atoms with van der Waals surface area (Å²) in [5.74, 6) is 0.149. The number of unbranched alkanes of at least 4 members (excludes halogenated alkanes) is 4. The molecule has 0 saturated carbocycles. The molecule has 2 aromatic carbocycles. The van der Waals surface area contributed by atoms with Crippen LogP contribution < -0.4 is 9.47 Å². The van der Waals surface area contributed by atoms with Gasteiger partial charge in [0.05, 0.1) is 19.1 Å². The quantitative estimate of drug-likeness (QED) is 0.216. The maximum Gasteiger partial charge on any atom is 0.224 e. The standard InChI is InChI=1S/C24H28O8S3/c1-31-20-16-11-15-19(22(20)32-2)23(34(27)28)24(35(29)30)21(33(25)26)17-10-5-3-4-7-12-18-13-8-6-9-14-18/h6,8-9,11,13-16H,3-5,7,10,12,17H2,1-2H3. The van der Waals surface area contributed by atoms with Crippen LogP contribution in [-0.4, -0.2) is 54.1 Å². The summed E-state index contributed by atoms with van der Waals surface area (Å²) in [4.78, 5) is -1.95. The summed E-state index contributed by atoms with van der Waals surface area (Å²) in [6.45, 7) is 0. The second-order valence-corrected chi connectivity index (χ2v) is 10.3. The maximum absolute atomic E-state index is 12.2. The fraction of sp³-hybridized carbons (Fsp3) is 0.375. The van der Waals surface area contributed by atoms with E-state index in [4.69, 9.17) is 9.47 Å². The van der Waals surface area contributed by atoms with Gasteiger partial charge in [-0.2, -0.15) is 25.3 Å². The van der Waals surface area contributed by atoms with Crippen LogP contribution in [0.3, 0.4) is 0 Å². The lowest BCUT2D eigenvalue weighted by Crippen LogP contribution is -2.28. The predicted octanol–water partition coefficient (Wildman–Crippen LogP) is 2.79. The smallest absolute Gasteiger partial charge is 0.224 e. The molecular formula is C24H28O8S3. The van der Waals surface area contributed by atoms with Crippen molar-refractivity contribution in [1.29, 1.82) is 0 Å². The van der Waals surface area contributed by atoms with Crippen molar-refractivity contribution in [1.82, 2.24) is 0 Å². The highest BCUT2D eigenvalue weighted by molar-refractivity contribution is 7.88. The Balaban J connectivity index is 2.21. The summed E-state index contributed by atoms with van der Waals surface area (Å²) in [5.41, 5.74) is 1.15. The van der Waals surface area contributed by atoms with Gasteiger partial charge in [-0.15, -0.1) is 0 Å². The van der Waals surface area contributed by atoms with Crippen molar-refractivity contribution in [2.45, 2.75) is 44.9 Å². The summed E-state index contributed by atoms with van der Waals surface area (Å²) in [7, 11) is -6.56. The van der Waals surface area contributed by atoms with Crippen LogP contribution in [0.25, 0.3) is 0 Å². The van der Waals surface area contributed by atoms with Gasteiger partial charge in [-0.3, -0.25) is 0 Å². The molecule has 35 heavy (non-hydrogen) atoms. The van der Waals surface area contributed by atoms with E-state index in [2.05, 4.69) is 12.1 Å². The molecule has 0 aliphatic carbocycles. The molecule has 0 spiro atoms. The van der Waals surface area contributed by atoms with E-state index in [0.717, 1.165) is 25.7 Å². The van der Waals surface area contributed by atoms with Crippen LogP contribution in [0.15, 0.2) is 48.5 Å². The van der Waals surface area contributed by atoms with Crippen LogP contribution in [0.1, 0.15) is 49.7 Å². The zero-order valence-electron chi connectivity index (χ0n) is 19.6. The number of rotatable bonds is 13. The molecule has 0 N–H and O–H groups in total. The van der Waals surface area contributed by atoms with E-state index in [1.54, 1.807) is 0 Å². The lowest BCUT2D eigenvalue weighted by molar-refractivity contribution is 0.354. The molecule has 0 aromatic heterocycles. The molecular weight excluding hydrogens is 512 g/mol. The number of hydrogen-bond acceptors (Lipinski definition) is 8. The van der Waals surface area contributed by atoms with Gasteiger partial charge in [-0.25, -0.2) is 0 Å². The molecule has 0 saturated heterocycles. The van der Waals surface area contributed by atoms with Crippen LogP contribution in [0.5, 0.6) is 11.5 Å². The first-order valence-corrected chi connectivity index (χ1v) is 14.2. The zero-order valence-corrected chi connectivity index (χ0v) is 22.0. The molecule has 11 heteroatoms. The predicted molar refractivity (Wildman–Crippen MR) is 138 cm³/mol. The molecule has 2 rings (SSSR count). The third kappa shape index (κ3) is 8.08. The summed E-state index contributed by atoms with van der Waals surface area (Å²) in [6.07, 6.45) is 4.68. The maximum atomic E-state index is 12.2. The number of benzene rings is 2. The van der Waals surface area contributed by atoms with Gasteiger partial charge in [0.1, 0.15) is 9.73 Å². The molecule has 0 heterocycles. The average molecular weight is 541 g/mol. The first-order chi connectivity index (χ1) is 16.8. The number of aryl methyl sites for hydroxylation is 1. The number of para-hydroxylation sites is 1. The van der Waals surface area contributed by atoms with Gasteiger partial charge in [0.15, 0.2) is 11.5 Å².